The Labute approximate surface area is 91.1 Å². The molecule has 0 aromatic carbocycles. The Hall–Kier alpha value is -0.800. The Morgan fingerprint density at radius 3 is 3.13 bits per heavy atom. The quantitative estimate of drug-likeness (QED) is 0.796. The molecule has 1 saturated heterocycles. The zero-order chi connectivity index (χ0) is 10.7. The number of piperidine rings is 1. The molecule has 1 aliphatic rings. The molecule has 0 saturated carbocycles. The van der Waals surface area contributed by atoms with Crippen LogP contribution in [0.2, 0.25) is 0 Å². The molecular formula is C12H20N2O. The number of hydrogen-bond acceptors (Lipinski definition) is 2. The molecule has 1 aromatic heterocycles. The van der Waals surface area contributed by atoms with Gasteiger partial charge in [0.1, 0.15) is 0 Å². The van der Waals surface area contributed by atoms with Crippen molar-refractivity contribution < 1.29 is 5.11 Å². The van der Waals surface area contributed by atoms with Gasteiger partial charge in [-0.1, -0.05) is 6.42 Å². The first-order chi connectivity index (χ1) is 7.33. The first-order valence-corrected chi connectivity index (χ1v) is 5.83. The summed E-state index contributed by atoms with van der Waals surface area (Å²) in [7, 11) is 0. The Balaban J connectivity index is 2.07. The molecule has 84 valence electrons. The van der Waals surface area contributed by atoms with Crippen LogP contribution in [0, 0.1) is 0 Å². The smallest absolute Gasteiger partial charge is 0.0587 e. The van der Waals surface area contributed by atoms with Crippen LogP contribution < -0.4 is 0 Å². The molecule has 15 heavy (non-hydrogen) atoms. The number of nitrogens with one attached hydrogen (secondary N) is 1. The molecule has 3 nitrogen and oxygen atoms in total. The summed E-state index contributed by atoms with van der Waals surface area (Å²) in [5.74, 6) is 0. The number of H-pyrrole nitrogens is 1. The molecule has 0 spiro atoms. The summed E-state index contributed by atoms with van der Waals surface area (Å²) in [4.78, 5) is 5.67. The van der Waals surface area contributed by atoms with E-state index in [1.165, 1.54) is 18.5 Å². The molecule has 1 aromatic rings. The molecule has 2 heterocycles. The Kier molecular flexibility index (Phi) is 3.44. The third kappa shape index (κ3) is 2.24. The number of aliphatic hydroxyl groups is 1. The van der Waals surface area contributed by atoms with E-state index in [2.05, 4.69) is 22.9 Å². The number of rotatable bonds is 3. The normalized spacial score (nSPS) is 25.3. The fourth-order valence-corrected chi connectivity index (χ4v) is 2.51. The van der Waals surface area contributed by atoms with Gasteiger partial charge in [-0.05, 0) is 38.4 Å². The summed E-state index contributed by atoms with van der Waals surface area (Å²) in [6.45, 7) is 3.59. The fraction of sp³-hybridized carbons (Fsp3) is 0.667. The minimum absolute atomic E-state index is 0.283. The summed E-state index contributed by atoms with van der Waals surface area (Å²) >= 11 is 0. The largest absolute Gasteiger partial charge is 0.395 e. The molecule has 0 aliphatic carbocycles. The summed E-state index contributed by atoms with van der Waals surface area (Å²) in [5.41, 5.74) is 1.25. The van der Waals surface area contributed by atoms with E-state index in [0.29, 0.717) is 12.1 Å². The molecule has 3 heteroatoms. The van der Waals surface area contributed by atoms with E-state index in [4.69, 9.17) is 0 Å². The maximum atomic E-state index is 9.36. The van der Waals surface area contributed by atoms with E-state index >= 15 is 0 Å². The van der Waals surface area contributed by atoms with E-state index in [9.17, 15) is 5.11 Å². The average Bonchev–Trinajstić information content (AvgIpc) is 2.81. The highest BCUT2D eigenvalue weighted by Crippen LogP contribution is 2.27. The fourth-order valence-electron chi connectivity index (χ4n) is 2.51. The predicted molar refractivity (Wildman–Crippen MR) is 60.6 cm³/mol. The number of aromatic nitrogens is 1. The van der Waals surface area contributed by atoms with Crippen LogP contribution >= 0.6 is 0 Å². The summed E-state index contributed by atoms with van der Waals surface area (Å²) < 4.78 is 0. The topological polar surface area (TPSA) is 39.3 Å². The number of aliphatic hydroxyl groups excluding tert-OH is 1. The maximum absolute atomic E-state index is 9.36. The zero-order valence-corrected chi connectivity index (χ0v) is 9.32. The van der Waals surface area contributed by atoms with Crippen molar-refractivity contribution in [3.63, 3.8) is 0 Å². The molecule has 2 atom stereocenters. The van der Waals surface area contributed by atoms with Gasteiger partial charge in [-0.15, -0.1) is 0 Å². The van der Waals surface area contributed by atoms with Gasteiger partial charge in [-0.3, -0.25) is 4.90 Å². The lowest BCUT2D eigenvalue weighted by molar-refractivity contribution is 0.0575. The van der Waals surface area contributed by atoms with Crippen molar-refractivity contribution in [1.82, 2.24) is 9.88 Å². The van der Waals surface area contributed by atoms with Gasteiger partial charge in [-0.25, -0.2) is 0 Å². The van der Waals surface area contributed by atoms with Gasteiger partial charge in [-0.2, -0.15) is 0 Å². The highest BCUT2D eigenvalue weighted by Gasteiger charge is 2.26. The zero-order valence-electron chi connectivity index (χ0n) is 9.32. The number of likely N-dealkylation sites (tertiary alicyclic amines) is 1. The van der Waals surface area contributed by atoms with Crippen LogP contribution in [0.4, 0.5) is 0 Å². The lowest BCUT2D eigenvalue weighted by Gasteiger charge is -2.38. The molecular weight excluding hydrogens is 188 g/mol. The van der Waals surface area contributed by atoms with Crippen molar-refractivity contribution in [2.24, 2.45) is 0 Å². The van der Waals surface area contributed by atoms with Gasteiger partial charge in [0.05, 0.1) is 6.61 Å². The van der Waals surface area contributed by atoms with E-state index in [0.717, 1.165) is 13.0 Å². The number of nitrogens with zero attached hydrogens (tertiary/aromatic N) is 1. The molecule has 1 aliphatic heterocycles. The lowest BCUT2D eigenvalue weighted by atomic mass is 10.00. The lowest BCUT2D eigenvalue weighted by Crippen LogP contribution is -2.43. The summed E-state index contributed by atoms with van der Waals surface area (Å²) in [6.07, 6.45) is 5.59. The maximum Gasteiger partial charge on any atom is 0.0587 e. The highest BCUT2D eigenvalue weighted by atomic mass is 16.3. The van der Waals surface area contributed by atoms with Crippen molar-refractivity contribution in [1.29, 1.82) is 0 Å². The van der Waals surface area contributed by atoms with Crippen molar-refractivity contribution in [3.05, 3.63) is 24.0 Å². The molecule has 0 amide bonds. The van der Waals surface area contributed by atoms with Crippen molar-refractivity contribution in [3.8, 4) is 0 Å². The van der Waals surface area contributed by atoms with Crippen LogP contribution in [0.15, 0.2) is 18.3 Å². The van der Waals surface area contributed by atoms with Crippen LogP contribution in [0.1, 0.15) is 37.9 Å². The Morgan fingerprint density at radius 2 is 2.47 bits per heavy atom. The standard InChI is InChI=1S/C12H20N2O/c1-10(12-6-4-7-13-12)14-8-3-2-5-11(14)9-15/h4,6-7,10-11,13,15H,2-3,5,8-9H2,1H3/t10-,11-/m1/s1. The van der Waals surface area contributed by atoms with E-state index in [1.54, 1.807) is 0 Å². The van der Waals surface area contributed by atoms with Crippen LogP contribution in [0.5, 0.6) is 0 Å². The van der Waals surface area contributed by atoms with Gasteiger partial charge in [0.2, 0.25) is 0 Å². The second kappa shape index (κ2) is 4.81. The molecule has 2 rings (SSSR count). The van der Waals surface area contributed by atoms with E-state index < -0.39 is 0 Å². The van der Waals surface area contributed by atoms with Crippen LogP contribution in [-0.2, 0) is 0 Å². The Morgan fingerprint density at radius 1 is 1.60 bits per heavy atom. The predicted octanol–water partition coefficient (Wildman–Crippen LogP) is 1.92. The molecule has 1 fully saturated rings. The van der Waals surface area contributed by atoms with Crippen molar-refractivity contribution >= 4 is 0 Å². The van der Waals surface area contributed by atoms with Gasteiger partial charge in [0.25, 0.3) is 0 Å². The van der Waals surface area contributed by atoms with Crippen molar-refractivity contribution in [2.75, 3.05) is 13.2 Å². The number of hydrogen-bond donors (Lipinski definition) is 2. The molecule has 0 bridgehead atoms. The van der Waals surface area contributed by atoms with E-state index in [-0.39, 0.29) is 6.61 Å². The first-order valence-electron chi connectivity index (χ1n) is 5.83. The van der Waals surface area contributed by atoms with Gasteiger partial charge >= 0.3 is 0 Å². The second-order valence-electron chi connectivity index (χ2n) is 4.37. The summed E-state index contributed by atoms with van der Waals surface area (Å²) in [5, 5.41) is 9.36. The monoisotopic (exact) mass is 208 g/mol. The van der Waals surface area contributed by atoms with E-state index in [1.807, 2.05) is 12.3 Å². The highest BCUT2D eigenvalue weighted by molar-refractivity contribution is 5.09. The first kappa shape index (κ1) is 10.7. The number of aromatic amines is 1. The van der Waals surface area contributed by atoms with Gasteiger partial charge in [0.15, 0.2) is 0 Å². The third-order valence-electron chi connectivity index (χ3n) is 3.45. The minimum atomic E-state index is 0.283. The van der Waals surface area contributed by atoms with Crippen LogP contribution in [0.3, 0.4) is 0 Å². The average molecular weight is 208 g/mol. The van der Waals surface area contributed by atoms with Gasteiger partial charge in [0, 0.05) is 24.0 Å². The van der Waals surface area contributed by atoms with Crippen molar-refractivity contribution in [2.45, 2.75) is 38.3 Å². The Bertz CT molecular complexity index is 284. The molecule has 0 unspecified atom stereocenters. The SMILES string of the molecule is C[C@H](c1ccc[nH]1)N1CCCC[C@@H]1CO. The third-order valence-corrected chi connectivity index (χ3v) is 3.45. The molecule has 2 N–H and O–H groups in total. The summed E-state index contributed by atoms with van der Waals surface area (Å²) in [6, 6.07) is 4.88. The van der Waals surface area contributed by atoms with Crippen LogP contribution in [-0.4, -0.2) is 34.2 Å². The minimum Gasteiger partial charge on any atom is -0.395 e. The second-order valence-corrected chi connectivity index (χ2v) is 4.37. The molecule has 0 radical (unpaired) electrons. The van der Waals surface area contributed by atoms with Crippen LogP contribution in [0.25, 0.3) is 0 Å². The van der Waals surface area contributed by atoms with Gasteiger partial charge < -0.3 is 10.1 Å².